The molecule has 1 amide bonds. The van der Waals surface area contributed by atoms with Gasteiger partial charge >= 0.3 is 0 Å². The van der Waals surface area contributed by atoms with Gasteiger partial charge in [-0.3, -0.25) is 4.79 Å². The fourth-order valence-electron chi connectivity index (χ4n) is 2.50. The van der Waals surface area contributed by atoms with E-state index in [0.29, 0.717) is 12.5 Å². The summed E-state index contributed by atoms with van der Waals surface area (Å²) in [6.07, 6.45) is 3.63. The van der Waals surface area contributed by atoms with E-state index in [-0.39, 0.29) is 11.7 Å². The molecule has 2 N–H and O–H groups in total. The molecule has 0 radical (unpaired) electrons. The maximum atomic E-state index is 12.3. The Hall–Kier alpha value is -1.55. The molecule has 1 atom stereocenters. The Labute approximate surface area is 114 Å². The number of phenols is 1. The van der Waals surface area contributed by atoms with Crippen molar-refractivity contribution in [2.45, 2.75) is 31.7 Å². The van der Waals surface area contributed by atoms with E-state index < -0.39 is 0 Å². The number of benzene rings is 1. The number of likely N-dealkylation sites (N-methyl/N-ethyl adjacent to an activating group) is 1. The maximum absolute atomic E-state index is 12.3. The zero-order valence-electron chi connectivity index (χ0n) is 11.4. The molecule has 0 saturated carbocycles. The predicted octanol–water partition coefficient (Wildman–Crippen LogP) is 1.54. The van der Waals surface area contributed by atoms with Crippen LogP contribution in [0.5, 0.6) is 5.75 Å². The number of nitrogens with zero attached hydrogens (tertiary/aromatic N) is 1. The molecule has 1 heterocycles. The van der Waals surface area contributed by atoms with Crippen molar-refractivity contribution in [3.8, 4) is 5.75 Å². The molecule has 1 aliphatic rings. The van der Waals surface area contributed by atoms with Crippen LogP contribution in [0.25, 0.3) is 0 Å². The Balaban J connectivity index is 1.92. The highest BCUT2D eigenvalue weighted by atomic mass is 16.3. The van der Waals surface area contributed by atoms with Gasteiger partial charge in [0.15, 0.2) is 0 Å². The number of hydrogen-bond donors (Lipinski definition) is 2. The van der Waals surface area contributed by atoms with Gasteiger partial charge in [0.05, 0.1) is 6.42 Å². The summed E-state index contributed by atoms with van der Waals surface area (Å²) in [5.74, 6) is 0.386. The van der Waals surface area contributed by atoms with Crippen LogP contribution in [0.1, 0.15) is 24.8 Å². The molecule has 0 spiro atoms. The Kier molecular flexibility index (Phi) is 4.80. The number of hydrogen-bond acceptors (Lipinski definition) is 3. The summed E-state index contributed by atoms with van der Waals surface area (Å²) >= 11 is 0. The highest BCUT2D eigenvalue weighted by Crippen LogP contribution is 2.15. The second kappa shape index (κ2) is 6.57. The van der Waals surface area contributed by atoms with Crippen LogP contribution in [-0.4, -0.2) is 42.1 Å². The normalized spacial score (nSPS) is 19.7. The van der Waals surface area contributed by atoms with E-state index in [4.69, 9.17) is 0 Å². The molecule has 0 aliphatic carbocycles. The van der Waals surface area contributed by atoms with E-state index in [0.717, 1.165) is 37.9 Å². The quantitative estimate of drug-likeness (QED) is 0.868. The number of carbonyl (C=O) groups excluding carboxylic acids is 1. The van der Waals surface area contributed by atoms with Crippen molar-refractivity contribution in [3.63, 3.8) is 0 Å². The van der Waals surface area contributed by atoms with Gasteiger partial charge in [-0.05, 0) is 50.0 Å². The summed E-state index contributed by atoms with van der Waals surface area (Å²) in [5, 5.41) is 12.6. The van der Waals surface area contributed by atoms with Gasteiger partial charge in [-0.2, -0.15) is 0 Å². The standard InChI is InChI=1S/C15H22N2O2/c1-17(13-3-2-9-16-10-8-13)15(19)11-12-4-6-14(18)7-5-12/h4-7,13,16,18H,2-3,8-11H2,1H3. The van der Waals surface area contributed by atoms with Crippen LogP contribution in [0.4, 0.5) is 0 Å². The molecule has 1 saturated heterocycles. The van der Waals surface area contributed by atoms with Crippen molar-refractivity contribution >= 4 is 5.91 Å². The molecule has 1 aromatic carbocycles. The molecule has 104 valence electrons. The minimum Gasteiger partial charge on any atom is -0.508 e. The van der Waals surface area contributed by atoms with E-state index in [1.54, 1.807) is 24.3 Å². The van der Waals surface area contributed by atoms with Gasteiger partial charge < -0.3 is 15.3 Å². The number of nitrogens with one attached hydrogen (secondary N) is 1. The average molecular weight is 262 g/mol. The smallest absolute Gasteiger partial charge is 0.226 e. The molecule has 1 unspecified atom stereocenters. The lowest BCUT2D eigenvalue weighted by Gasteiger charge is -2.27. The van der Waals surface area contributed by atoms with Gasteiger partial charge in [0.2, 0.25) is 5.91 Å². The van der Waals surface area contributed by atoms with Crippen molar-refractivity contribution < 1.29 is 9.90 Å². The lowest BCUT2D eigenvalue weighted by Crippen LogP contribution is -2.38. The molecular formula is C15H22N2O2. The van der Waals surface area contributed by atoms with Crippen LogP contribution >= 0.6 is 0 Å². The van der Waals surface area contributed by atoms with E-state index in [2.05, 4.69) is 5.32 Å². The van der Waals surface area contributed by atoms with Gasteiger partial charge in [0, 0.05) is 13.1 Å². The zero-order chi connectivity index (χ0) is 13.7. The number of rotatable bonds is 3. The highest BCUT2D eigenvalue weighted by molar-refractivity contribution is 5.78. The van der Waals surface area contributed by atoms with Crippen LogP contribution in [0.2, 0.25) is 0 Å². The summed E-state index contributed by atoms with van der Waals surface area (Å²) in [7, 11) is 1.90. The Morgan fingerprint density at radius 1 is 1.32 bits per heavy atom. The van der Waals surface area contributed by atoms with Crippen molar-refractivity contribution in [1.82, 2.24) is 10.2 Å². The molecular weight excluding hydrogens is 240 g/mol. The van der Waals surface area contributed by atoms with E-state index in [9.17, 15) is 9.90 Å². The molecule has 2 rings (SSSR count). The van der Waals surface area contributed by atoms with Crippen LogP contribution in [-0.2, 0) is 11.2 Å². The van der Waals surface area contributed by atoms with E-state index in [1.807, 2.05) is 11.9 Å². The second-order valence-corrected chi connectivity index (χ2v) is 5.18. The van der Waals surface area contributed by atoms with Gasteiger partial charge in [0.25, 0.3) is 0 Å². The summed E-state index contributed by atoms with van der Waals surface area (Å²) in [6, 6.07) is 7.20. The number of phenolic OH excluding ortho intramolecular Hbond substituents is 1. The molecule has 4 heteroatoms. The monoisotopic (exact) mass is 262 g/mol. The summed E-state index contributed by atoms with van der Waals surface area (Å²) in [6.45, 7) is 2.04. The minimum atomic E-state index is 0.151. The molecule has 1 fully saturated rings. The fraction of sp³-hybridized carbons (Fsp3) is 0.533. The first kappa shape index (κ1) is 13.9. The summed E-state index contributed by atoms with van der Waals surface area (Å²) in [4.78, 5) is 14.1. The van der Waals surface area contributed by atoms with Crippen LogP contribution in [0, 0.1) is 0 Å². The van der Waals surface area contributed by atoms with Crippen LogP contribution < -0.4 is 5.32 Å². The Bertz CT molecular complexity index is 409. The van der Waals surface area contributed by atoms with E-state index in [1.165, 1.54) is 0 Å². The van der Waals surface area contributed by atoms with Crippen molar-refractivity contribution in [3.05, 3.63) is 29.8 Å². The summed E-state index contributed by atoms with van der Waals surface area (Å²) in [5.41, 5.74) is 0.946. The van der Waals surface area contributed by atoms with E-state index >= 15 is 0 Å². The van der Waals surface area contributed by atoms with Crippen molar-refractivity contribution in [1.29, 1.82) is 0 Å². The van der Waals surface area contributed by atoms with Gasteiger partial charge in [-0.15, -0.1) is 0 Å². The molecule has 19 heavy (non-hydrogen) atoms. The molecule has 1 aliphatic heterocycles. The van der Waals surface area contributed by atoms with Gasteiger partial charge in [0.1, 0.15) is 5.75 Å². The predicted molar refractivity (Wildman–Crippen MR) is 75.1 cm³/mol. The van der Waals surface area contributed by atoms with Crippen LogP contribution in [0.15, 0.2) is 24.3 Å². The average Bonchev–Trinajstić information content (AvgIpc) is 2.69. The molecule has 0 bridgehead atoms. The number of carbonyl (C=O) groups is 1. The van der Waals surface area contributed by atoms with Crippen molar-refractivity contribution in [2.24, 2.45) is 0 Å². The number of amides is 1. The second-order valence-electron chi connectivity index (χ2n) is 5.18. The largest absolute Gasteiger partial charge is 0.508 e. The highest BCUT2D eigenvalue weighted by Gasteiger charge is 2.20. The zero-order valence-corrected chi connectivity index (χ0v) is 11.4. The minimum absolute atomic E-state index is 0.151. The first-order valence-corrected chi connectivity index (χ1v) is 6.91. The third-order valence-corrected chi connectivity index (χ3v) is 3.78. The van der Waals surface area contributed by atoms with Crippen molar-refractivity contribution in [2.75, 3.05) is 20.1 Å². The van der Waals surface area contributed by atoms with Gasteiger partial charge in [-0.1, -0.05) is 12.1 Å². The third-order valence-electron chi connectivity index (χ3n) is 3.78. The SMILES string of the molecule is CN(C(=O)Cc1ccc(O)cc1)C1CCCNCC1. The molecule has 1 aromatic rings. The summed E-state index contributed by atoms with van der Waals surface area (Å²) < 4.78 is 0. The molecule has 0 aromatic heterocycles. The Morgan fingerprint density at radius 3 is 2.79 bits per heavy atom. The Morgan fingerprint density at radius 2 is 2.05 bits per heavy atom. The molecule has 4 nitrogen and oxygen atoms in total. The maximum Gasteiger partial charge on any atom is 0.226 e. The lowest BCUT2D eigenvalue weighted by atomic mass is 10.1. The first-order valence-electron chi connectivity index (χ1n) is 6.91. The van der Waals surface area contributed by atoms with Gasteiger partial charge in [-0.25, -0.2) is 0 Å². The lowest BCUT2D eigenvalue weighted by molar-refractivity contribution is -0.131. The van der Waals surface area contributed by atoms with Crippen LogP contribution in [0.3, 0.4) is 0 Å². The third kappa shape index (κ3) is 3.96. The fourth-order valence-corrected chi connectivity index (χ4v) is 2.50. The first-order chi connectivity index (χ1) is 9.16. The topological polar surface area (TPSA) is 52.6 Å². The number of aromatic hydroxyl groups is 1.